The molecular weight excluding hydrogens is 654 g/mol. The zero-order valence-electron chi connectivity index (χ0n) is 21.1. The van der Waals surface area contributed by atoms with E-state index in [1.54, 1.807) is 0 Å². The Labute approximate surface area is 247 Å². The predicted octanol–water partition coefficient (Wildman–Crippen LogP) is 2.57. The molecule has 1 aliphatic heterocycles. The molecule has 0 saturated carbocycles. The van der Waals surface area contributed by atoms with E-state index in [2.05, 4.69) is 140 Å². The Hall–Kier alpha value is -3.12. The first-order valence-corrected chi connectivity index (χ1v) is 17.0. The summed E-state index contributed by atoms with van der Waals surface area (Å²) < 4.78 is 39.7. The van der Waals surface area contributed by atoms with Gasteiger partial charge in [0.2, 0.25) is 0 Å². The monoisotopic (exact) mass is 678 g/mol. The van der Waals surface area contributed by atoms with E-state index in [9.17, 15) is 0 Å². The van der Waals surface area contributed by atoms with Crippen molar-refractivity contribution in [2.24, 2.45) is 0 Å². The van der Waals surface area contributed by atoms with E-state index < -0.39 is 10.2 Å². The molecule has 0 fully saturated rings. The van der Waals surface area contributed by atoms with Crippen LogP contribution >= 0.6 is 0 Å². The molecule has 4 aromatic carbocycles. The second-order valence-electron chi connectivity index (χ2n) is 8.76. The molecule has 2 heterocycles. The maximum Gasteiger partial charge on any atom is -0.112 e. The summed E-state index contributed by atoms with van der Waals surface area (Å²) in [5.41, 5.74) is 6.57. The normalized spacial score (nSPS) is 14.0. The van der Waals surface area contributed by atoms with Gasteiger partial charge in [0.1, 0.15) is 0 Å². The molecule has 4 nitrogen and oxygen atoms in total. The number of fused-ring (bicyclic) bond motifs is 2. The molecule has 5 aromatic rings. The number of benzene rings is 4. The van der Waals surface area contributed by atoms with Crippen LogP contribution in [0.2, 0.25) is 0 Å². The van der Waals surface area contributed by atoms with Crippen molar-refractivity contribution in [1.29, 1.82) is 0 Å². The van der Waals surface area contributed by atoms with Gasteiger partial charge in [-0.2, -0.15) is 0 Å². The molecule has 0 bridgehead atoms. The van der Waals surface area contributed by atoms with Crippen LogP contribution < -0.4 is 23.1 Å². The van der Waals surface area contributed by atoms with Crippen molar-refractivity contribution in [1.82, 2.24) is 0 Å². The Morgan fingerprint density at radius 1 is 0.675 bits per heavy atom. The SMILES string of the molecule is C1=C(c2ccccc2)[Se]c2ccccc2/C1=C/C=C/c1cc(-c2ccccc2)[se+]c2ccccc12.[O-][Cl+3]([O-])([O-])[O-]. The fourth-order valence-corrected chi connectivity index (χ4v) is 9.04. The van der Waals surface area contributed by atoms with Crippen molar-refractivity contribution < 1.29 is 28.9 Å². The molecule has 40 heavy (non-hydrogen) atoms. The van der Waals surface area contributed by atoms with Crippen molar-refractivity contribution in [3.8, 4) is 10.0 Å². The van der Waals surface area contributed by atoms with Gasteiger partial charge in [-0.3, -0.25) is 0 Å². The minimum absolute atomic E-state index is 0.311. The van der Waals surface area contributed by atoms with Crippen molar-refractivity contribution in [2.45, 2.75) is 0 Å². The van der Waals surface area contributed by atoms with E-state index in [1.165, 1.54) is 50.8 Å². The van der Waals surface area contributed by atoms with Gasteiger partial charge in [-0.05, 0) is 0 Å². The van der Waals surface area contributed by atoms with Crippen LogP contribution in [0.15, 0.2) is 133 Å². The van der Waals surface area contributed by atoms with Crippen LogP contribution in [0.1, 0.15) is 16.7 Å². The van der Waals surface area contributed by atoms with E-state index in [0.717, 1.165) is 0 Å². The van der Waals surface area contributed by atoms with Crippen molar-refractivity contribution >= 4 is 59.7 Å². The van der Waals surface area contributed by atoms with Crippen LogP contribution in [0.25, 0.3) is 35.8 Å². The topological polar surface area (TPSA) is 92.2 Å². The summed E-state index contributed by atoms with van der Waals surface area (Å²) in [6, 6.07) is 41.7. The summed E-state index contributed by atoms with van der Waals surface area (Å²) in [6.45, 7) is 0. The van der Waals surface area contributed by atoms with Crippen molar-refractivity contribution in [2.75, 3.05) is 0 Å². The van der Waals surface area contributed by atoms with Gasteiger partial charge < -0.3 is 0 Å². The van der Waals surface area contributed by atoms with Gasteiger partial charge >= 0.3 is 220 Å². The van der Waals surface area contributed by atoms with Gasteiger partial charge in [-0.25, -0.2) is 18.6 Å². The first-order chi connectivity index (χ1) is 19.3. The Kier molecular flexibility index (Phi) is 9.25. The molecular formula is C33H23ClO4Se2. The summed E-state index contributed by atoms with van der Waals surface area (Å²) in [5.74, 6) is 0. The number of hydrogen-bond acceptors (Lipinski definition) is 4. The van der Waals surface area contributed by atoms with Crippen molar-refractivity contribution in [3.63, 3.8) is 0 Å². The van der Waals surface area contributed by atoms with Crippen LogP contribution in [0, 0.1) is 10.2 Å². The fraction of sp³-hybridized carbons (Fsp3) is 0. The smallest absolute Gasteiger partial charge is 0.112 e. The fourth-order valence-electron chi connectivity index (χ4n) is 4.34. The quantitative estimate of drug-likeness (QED) is 0.274. The zero-order valence-corrected chi connectivity index (χ0v) is 25.3. The van der Waals surface area contributed by atoms with E-state index >= 15 is 0 Å². The van der Waals surface area contributed by atoms with E-state index in [0.29, 0.717) is 29.5 Å². The van der Waals surface area contributed by atoms with Crippen LogP contribution in [0.3, 0.4) is 0 Å². The van der Waals surface area contributed by atoms with Crippen LogP contribution in [-0.2, 0) is 0 Å². The van der Waals surface area contributed by atoms with Gasteiger partial charge in [0.05, 0.1) is 0 Å². The summed E-state index contributed by atoms with van der Waals surface area (Å²) in [5, 5.41) is 1.36. The second kappa shape index (κ2) is 13.0. The largest absolute Gasteiger partial charge is 0.222 e. The average molecular weight is 677 g/mol. The second-order valence-corrected chi connectivity index (χ2v) is 14.1. The van der Waals surface area contributed by atoms with E-state index in [4.69, 9.17) is 18.6 Å². The first kappa shape index (κ1) is 28.4. The predicted molar refractivity (Wildman–Crippen MR) is 154 cm³/mol. The summed E-state index contributed by atoms with van der Waals surface area (Å²) in [4.78, 5) is 0. The third-order valence-corrected chi connectivity index (χ3v) is 10.9. The molecule has 0 saturated heterocycles. The molecule has 0 N–H and O–H groups in total. The summed E-state index contributed by atoms with van der Waals surface area (Å²) in [7, 11) is -4.94. The van der Waals surface area contributed by atoms with Gasteiger partial charge in [-0.15, -0.1) is 10.2 Å². The number of allylic oxidation sites excluding steroid dienone is 4. The molecule has 0 unspecified atom stereocenters. The van der Waals surface area contributed by atoms with Crippen LogP contribution in [0.4, 0.5) is 0 Å². The molecule has 7 heteroatoms. The zero-order chi connectivity index (χ0) is 28.0. The van der Waals surface area contributed by atoms with E-state index in [-0.39, 0.29) is 0 Å². The molecule has 0 atom stereocenters. The molecule has 198 valence electrons. The Morgan fingerprint density at radius 2 is 1.27 bits per heavy atom. The number of rotatable bonds is 4. The maximum atomic E-state index is 8.49. The Balaban J connectivity index is 0.000000595. The minimum Gasteiger partial charge on any atom is -0.222 e. The molecule has 1 aliphatic rings. The van der Waals surface area contributed by atoms with E-state index in [1.807, 2.05) is 0 Å². The number of halogens is 1. The molecule has 6 rings (SSSR count). The van der Waals surface area contributed by atoms with Gasteiger partial charge in [0.15, 0.2) is 0 Å². The number of hydrogen-bond donors (Lipinski definition) is 0. The standard InChI is InChI=1S/C33H23Se2.ClHO4/c1-3-12-24(13-4-1)32-22-26(28-18-7-9-20-30(28)34-32)16-11-17-27-23-33(25-14-5-2-6-15-25)35-31-21-10-8-19-29(27)31;2-1(3,4)5/h1-23H;(H,2,3,4,5)/q+1;/p-1. The molecule has 0 aliphatic carbocycles. The van der Waals surface area contributed by atoms with Crippen LogP contribution in [0.5, 0.6) is 0 Å². The molecule has 0 amide bonds. The molecule has 0 spiro atoms. The third-order valence-electron chi connectivity index (χ3n) is 6.08. The average Bonchev–Trinajstić information content (AvgIpc) is 2.97. The Bertz CT molecular complexity index is 1700. The maximum absolute atomic E-state index is 8.49. The summed E-state index contributed by atoms with van der Waals surface area (Å²) in [6.07, 6.45) is 9.17. The third kappa shape index (κ3) is 7.54. The van der Waals surface area contributed by atoms with Gasteiger partial charge in [0, 0.05) is 0 Å². The molecule has 0 radical (unpaired) electrons. The van der Waals surface area contributed by atoms with Gasteiger partial charge in [-0.1, -0.05) is 0 Å². The molecule has 1 aromatic heterocycles. The van der Waals surface area contributed by atoms with Crippen molar-refractivity contribution in [3.05, 3.63) is 150 Å². The minimum atomic E-state index is -4.94. The Morgan fingerprint density at radius 3 is 2.00 bits per heavy atom. The summed E-state index contributed by atoms with van der Waals surface area (Å²) >= 11 is 0.622. The van der Waals surface area contributed by atoms with Gasteiger partial charge in [0.25, 0.3) is 0 Å². The van der Waals surface area contributed by atoms with Crippen LogP contribution in [-0.4, -0.2) is 29.5 Å². The first-order valence-electron chi connectivity index (χ1n) is 12.3.